The molecular formula is C17H15FN2O. The summed E-state index contributed by atoms with van der Waals surface area (Å²) in [6.45, 7) is 0.257. The van der Waals surface area contributed by atoms with Crippen molar-refractivity contribution in [3.8, 4) is 11.8 Å². The van der Waals surface area contributed by atoms with E-state index in [1.165, 1.54) is 11.0 Å². The summed E-state index contributed by atoms with van der Waals surface area (Å²) in [7, 11) is 1.54. The molecule has 0 fully saturated rings. The largest absolute Gasteiger partial charge is 0.320 e. The molecule has 2 N–H and O–H groups in total. The number of carbonyl (C=O) groups excluding carboxylic acids is 1. The van der Waals surface area contributed by atoms with Gasteiger partial charge in [-0.1, -0.05) is 30.0 Å². The third kappa shape index (κ3) is 3.47. The Labute approximate surface area is 123 Å². The van der Waals surface area contributed by atoms with E-state index in [0.717, 1.165) is 0 Å². The first-order chi connectivity index (χ1) is 10.1. The van der Waals surface area contributed by atoms with Crippen LogP contribution in [0.15, 0.2) is 48.5 Å². The topological polar surface area (TPSA) is 46.3 Å². The number of para-hydroxylation sites is 1. The van der Waals surface area contributed by atoms with Crippen molar-refractivity contribution in [2.45, 2.75) is 0 Å². The van der Waals surface area contributed by atoms with Crippen LogP contribution in [0, 0.1) is 17.7 Å². The number of hydrogen-bond donors (Lipinski definition) is 1. The normalized spacial score (nSPS) is 9.67. The van der Waals surface area contributed by atoms with Gasteiger partial charge in [0, 0.05) is 18.2 Å². The fourth-order valence-electron chi connectivity index (χ4n) is 1.91. The summed E-state index contributed by atoms with van der Waals surface area (Å²) >= 11 is 0. The average molecular weight is 282 g/mol. The Bertz CT molecular complexity index is 716. The van der Waals surface area contributed by atoms with E-state index in [-0.39, 0.29) is 18.1 Å². The number of carbonyl (C=O) groups is 1. The maximum Gasteiger partial charge on any atom is 0.258 e. The molecule has 1 amide bonds. The molecule has 0 spiro atoms. The van der Waals surface area contributed by atoms with Gasteiger partial charge in [0.2, 0.25) is 0 Å². The van der Waals surface area contributed by atoms with E-state index in [2.05, 4.69) is 11.8 Å². The lowest BCUT2D eigenvalue weighted by molar-refractivity contribution is 0.0992. The van der Waals surface area contributed by atoms with Crippen LogP contribution >= 0.6 is 0 Å². The fourth-order valence-corrected chi connectivity index (χ4v) is 1.91. The zero-order valence-corrected chi connectivity index (χ0v) is 11.6. The van der Waals surface area contributed by atoms with Gasteiger partial charge in [0.05, 0.1) is 12.2 Å². The van der Waals surface area contributed by atoms with Crippen LogP contribution in [0.1, 0.15) is 15.9 Å². The summed E-state index contributed by atoms with van der Waals surface area (Å²) in [5.41, 5.74) is 6.71. The number of halogens is 1. The minimum absolute atomic E-state index is 0.237. The minimum atomic E-state index is -0.438. The van der Waals surface area contributed by atoms with Crippen molar-refractivity contribution >= 4 is 11.6 Å². The van der Waals surface area contributed by atoms with Crippen molar-refractivity contribution in [3.05, 3.63) is 65.5 Å². The van der Waals surface area contributed by atoms with E-state index in [9.17, 15) is 9.18 Å². The third-order valence-corrected chi connectivity index (χ3v) is 2.96. The minimum Gasteiger partial charge on any atom is -0.320 e. The molecule has 21 heavy (non-hydrogen) atoms. The van der Waals surface area contributed by atoms with Crippen molar-refractivity contribution in [2.24, 2.45) is 5.73 Å². The maximum atomic E-state index is 13.7. The van der Waals surface area contributed by atoms with Crippen LogP contribution in [-0.2, 0) is 0 Å². The molecule has 0 bridgehead atoms. The molecular weight excluding hydrogens is 267 g/mol. The highest BCUT2D eigenvalue weighted by molar-refractivity contribution is 6.05. The Hall–Kier alpha value is -2.64. The fraction of sp³-hybridized carbons (Fsp3) is 0.118. The van der Waals surface area contributed by atoms with Gasteiger partial charge < -0.3 is 10.6 Å². The zero-order valence-electron chi connectivity index (χ0n) is 11.6. The number of nitrogens with two attached hydrogens (primary N) is 1. The molecule has 0 aromatic heterocycles. The van der Waals surface area contributed by atoms with Crippen LogP contribution in [-0.4, -0.2) is 19.5 Å². The molecule has 0 radical (unpaired) electrons. The Morgan fingerprint density at radius 2 is 2.00 bits per heavy atom. The van der Waals surface area contributed by atoms with Gasteiger partial charge in [-0.3, -0.25) is 4.79 Å². The first-order valence-electron chi connectivity index (χ1n) is 6.45. The van der Waals surface area contributed by atoms with Crippen molar-refractivity contribution < 1.29 is 9.18 Å². The summed E-state index contributed by atoms with van der Waals surface area (Å²) in [4.78, 5) is 13.7. The Balaban J connectivity index is 2.30. The second kappa shape index (κ2) is 6.69. The predicted molar refractivity (Wildman–Crippen MR) is 81.5 cm³/mol. The summed E-state index contributed by atoms with van der Waals surface area (Å²) < 4.78 is 13.7. The third-order valence-electron chi connectivity index (χ3n) is 2.96. The van der Waals surface area contributed by atoms with Crippen LogP contribution in [0.3, 0.4) is 0 Å². The molecule has 0 atom stereocenters. The number of hydrogen-bond acceptors (Lipinski definition) is 2. The van der Waals surface area contributed by atoms with Gasteiger partial charge in [-0.2, -0.15) is 0 Å². The molecule has 0 heterocycles. The van der Waals surface area contributed by atoms with E-state index < -0.39 is 5.82 Å². The molecule has 0 aliphatic heterocycles. The van der Waals surface area contributed by atoms with Crippen molar-refractivity contribution in [3.63, 3.8) is 0 Å². The number of rotatable bonds is 2. The van der Waals surface area contributed by atoms with Crippen LogP contribution < -0.4 is 10.6 Å². The Morgan fingerprint density at radius 3 is 2.71 bits per heavy atom. The lowest BCUT2D eigenvalue weighted by Crippen LogP contribution is -2.27. The molecule has 0 aliphatic rings. The second-order valence-corrected chi connectivity index (χ2v) is 4.40. The smallest absolute Gasteiger partial charge is 0.258 e. The standard InChI is InChI=1S/C17H15FN2O/c1-20(16-10-3-2-9-15(16)18)17(21)14-8-4-6-13(12-14)7-5-11-19/h2-4,6,8-10,12H,11,19H2,1H3. The van der Waals surface area contributed by atoms with Crippen LogP contribution in [0.2, 0.25) is 0 Å². The van der Waals surface area contributed by atoms with Crippen LogP contribution in [0.4, 0.5) is 10.1 Å². The van der Waals surface area contributed by atoms with E-state index in [0.29, 0.717) is 11.1 Å². The summed E-state index contributed by atoms with van der Waals surface area (Å²) in [6.07, 6.45) is 0. The van der Waals surface area contributed by atoms with Gasteiger partial charge in [0.25, 0.3) is 5.91 Å². The quantitative estimate of drug-likeness (QED) is 0.860. The maximum absolute atomic E-state index is 13.7. The van der Waals surface area contributed by atoms with Crippen molar-refractivity contribution in [1.82, 2.24) is 0 Å². The molecule has 106 valence electrons. The number of benzene rings is 2. The van der Waals surface area contributed by atoms with Crippen LogP contribution in [0.25, 0.3) is 0 Å². The van der Waals surface area contributed by atoms with Gasteiger partial charge >= 0.3 is 0 Å². The van der Waals surface area contributed by atoms with E-state index in [1.807, 2.05) is 0 Å². The first kappa shape index (κ1) is 14.8. The van der Waals surface area contributed by atoms with E-state index in [1.54, 1.807) is 49.5 Å². The SMILES string of the molecule is CN(C(=O)c1cccc(C#CCN)c1)c1ccccc1F. The molecule has 2 aromatic carbocycles. The highest BCUT2D eigenvalue weighted by Crippen LogP contribution is 2.19. The summed E-state index contributed by atoms with van der Waals surface area (Å²) in [5.74, 6) is 4.87. The molecule has 2 rings (SSSR count). The molecule has 0 unspecified atom stereocenters. The lowest BCUT2D eigenvalue weighted by Gasteiger charge is -2.18. The summed E-state index contributed by atoms with van der Waals surface area (Å²) in [5, 5.41) is 0. The monoisotopic (exact) mass is 282 g/mol. The van der Waals surface area contributed by atoms with Gasteiger partial charge in [-0.15, -0.1) is 0 Å². The molecule has 0 saturated carbocycles. The highest BCUT2D eigenvalue weighted by atomic mass is 19.1. The van der Waals surface area contributed by atoms with Gasteiger partial charge in [0.15, 0.2) is 0 Å². The Morgan fingerprint density at radius 1 is 1.24 bits per heavy atom. The number of anilines is 1. The number of nitrogens with zero attached hydrogens (tertiary/aromatic N) is 1. The lowest BCUT2D eigenvalue weighted by atomic mass is 10.1. The molecule has 2 aromatic rings. The molecule has 0 saturated heterocycles. The molecule has 0 aliphatic carbocycles. The molecule has 4 heteroatoms. The predicted octanol–water partition coefficient (Wildman–Crippen LogP) is 2.41. The molecule has 3 nitrogen and oxygen atoms in total. The first-order valence-corrected chi connectivity index (χ1v) is 6.45. The van der Waals surface area contributed by atoms with E-state index >= 15 is 0 Å². The zero-order chi connectivity index (χ0) is 15.2. The number of amides is 1. The average Bonchev–Trinajstić information content (AvgIpc) is 2.52. The van der Waals surface area contributed by atoms with Gasteiger partial charge in [-0.05, 0) is 30.3 Å². The van der Waals surface area contributed by atoms with Crippen LogP contribution in [0.5, 0.6) is 0 Å². The second-order valence-electron chi connectivity index (χ2n) is 4.40. The summed E-state index contributed by atoms with van der Waals surface area (Å²) in [6, 6.07) is 13.0. The Kier molecular flexibility index (Phi) is 4.70. The van der Waals surface area contributed by atoms with Gasteiger partial charge in [0.1, 0.15) is 5.82 Å². The highest BCUT2D eigenvalue weighted by Gasteiger charge is 2.16. The van der Waals surface area contributed by atoms with Gasteiger partial charge in [-0.25, -0.2) is 4.39 Å². The van der Waals surface area contributed by atoms with Crippen molar-refractivity contribution in [2.75, 3.05) is 18.5 Å². The van der Waals surface area contributed by atoms with E-state index in [4.69, 9.17) is 5.73 Å². The van der Waals surface area contributed by atoms with Crippen molar-refractivity contribution in [1.29, 1.82) is 0 Å².